The molecular weight excluding hydrogens is 316 g/mol. The largest absolute Gasteiger partial charge is 0.340 e. The summed E-state index contributed by atoms with van der Waals surface area (Å²) in [6, 6.07) is 14.8. The maximum Gasteiger partial charge on any atom is 0.0992 e. The molecule has 132 valence electrons. The van der Waals surface area contributed by atoms with Gasteiger partial charge in [-0.15, -0.1) is 5.92 Å². The van der Waals surface area contributed by atoms with E-state index in [1.54, 1.807) is 0 Å². The minimum Gasteiger partial charge on any atom is -0.340 e. The lowest BCUT2D eigenvalue weighted by Gasteiger charge is -2.17. The Hall–Kier alpha value is -2.71. The molecule has 1 aromatic heterocycles. The van der Waals surface area contributed by atoms with Crippen LogP contribution in [0.3, 0.4) is 0 Å². The summed E-state index contributed by atoms with van der Waals surface area (Å²) in [6.45, 7) is 7.40. The van der Waals surface area contributed by atoms with Crippen molar-refractivity contribution in [1.82, 2.24) is 4.57 Å². The Bertz CT molecular complexity index is 1020. The number of rotatable bonds is 6. The Balaban J connectivity index is 2.21. The fourth-order valence-corrected chi connectivity index (χ4v) is 3.76. The second-order valence-corrected chi connectivity index (χ2v) is 6.98. The molecule has 2 nitrogen and oxygen atoms in total. The Kier molecular flexibility index (Phi) is 5.65. The van der Waals surface area contributed by atoms with E-state index in [1.165, 1.54) is 42.0 Å². The maximum atomic E-state index is 9.34. The number of nitrogens with zero attached hydrogens (tertiary/aromatic N) is 2. The number of hydrogen-bond donors (Lipinski definition) is 0. The summed E-state index contributed by atoms with van der Waals surface area (Å²) >= 11 is 0. The Labute approximate surface area is 156 Å². The highest BCUT2D eigenvalue weighted by atomic mass is 15.0. The van der Waals surface area contributed by atoms with Crippen molar-refractivity contribution in [3.05, 3.63) is 47.5 Å². The van der Waals surface area contributed by atoms with Crippen LogP contribution in [0.5, 0.6) is 0 Å². The van der Waals surface area contributed by atoms with E-state index in [4.69, 9.17) is 0 Å². The van der Waals surface area contributed by atoms with E-state index in [2.05, 4.69) is 60.6 Å². The summed E-state index contributed by atoms with van der Waals surface area (Å²) < 4.78 is 2.41. The molecule has 2 aromatic carbocycles. The molecule has 1 heterocycles. The number of unbranched alkanes of at least 4 members (excludes halogenated alkanes) is 1. The van der Waals surface area contributed by atoms with Crippen molar-refractivity contribution in [2.24, 2.45) is 5.92 Å². The quantitative estimate of drug-likeness (QED) is 0.486. The van der Waals surface area contributed by atoms with Gasteiger partial charge in [-0.2, -0.15) is 5.26 Å². The van der Waals surface area contributed by atoms with E-state index in [-0.39, 0.29) is 0 Å². The van der Waals surface area contributed by atoms with Crippen molar-refractivity contribution in [2.75, 3.05) is 0 Å². The van der Waals surface area contributed by atoms with Gasteiger partial charge in [0.25, 0.3) is 0 Å². The van der Waals surface area contributed by atoms with Gasteiger partial charge >= 0.3 is 0 Å². The zero-order chi connectivity index (χ0) is 18.5. The van der Waals surface area contributed by atoms with Gasteiger partial charge in [0.15, 0.2) is 0 Å². The molecule has 26 heavy (non-hydrogen) atoms. The van der Waals surface area contributed by atoms with Crippen molar-refractivity contribution >= 4 is 21.8 Å². The van der Waals surface area contributed by atoms with E-state index >= 15 is 0 Å². The lowest BCUT2D eigenvalue weighted by atomic mass is 9.99. The lowest BCUT2D eigenvalue weighted by Crippen LogP contribution is -2.10. The van der Waals surface area contributed by atoms with Crippen molar-refractivity contribution in [2.45, 2.75) is 53.0 Å². The molecule has 0 aliphatic rings. The van der Waals surface area contributed by atoms with E-state index < -0.39 is 0 Å². The molecule has 3 rings (SSSR count). The van der Waals surface area contributed by atoms with Crippen LogP contribution in [0.2, 0.25) is 0 Å². The molecule has 0 spiro atoms. The van der Waals surface area contributed by atoms with E-state index in [1.807, 2.05) is 19.1 Å². The van der Waals surface area contributed by atoms with Crippen LogP contribution in [0.15, 0.2) is 36.4 Å². The van der Waals surface area contributed by atoms with Crippen LogP contribution >= 0.6 is 0 Å². The van der Waals surface area contributed by atoms with E-state index in [0.717, 1.165) is 23.2 Å². The monoisotopic (exact) mass is 342 g/mol. The first-order valence-corrected chi connectivity index (χ1v) is 9.60. The van der Waals surface area contributed by atoms with E-state index in [0.29, 0.717) is 5.92 Å². The smallest absolute Gasteiger partial charge is 0.0992 e. The van der Waals surface area contributed by atoms with Gasteiger partial charge in [-0.25, -0.2) is 0 Å². The molecule has 0 aliphatic heterocycles. The molecule has 2 heteroatoms. The minimum atomic E-state index is 0.653. The second-order valence-electron chi connectivity index (χ2n) is 6.98. The molecule has 3 aromatic rings. The number of nitriles is 1. The van der Waals surface area contributed by atoms with Crippen molar-refractivity contribution in [3.8, 4) is 17.9 Å². The van der Waals surface area contributed by atoms with Crippen LogP contribution in [0.4, 0.5) is 0 Å². The van der Waals surface area contributed by atoms with Crippen LogP contribution in [-0.4, -0.2) is 4.57 Å². The van der Waals surface area contributed by atoms with Crippen molar-refractivity contribution < 1.29 is 0 Å². The Morgan fingerprint density at radius 1 is 1.00 bits per heavy atom. The highest BCUT2D eigenvalue weighted by molar-refractivity contribution is 6.08. The van der Waals surface area contributed by atoms with E-state index in [9.17, 15) is 5.26 Å². The summed E-state index contributed by atoms with van der Waals surface area (Å²) in [7, 11) is 0. The molecule has 0 aliphatic carbocycles. The SMILES string of the molecule is CC#Cc1ccc2c3ccc(C#N)cc3n(CC(CC)CCCC)c2c1. The average molecular weight is 342 g/mol. The summed E-state index contributed by atoms with van der Waals surface area (Å²) in [4.78, 5) is 0. The number of benzene rings is 2. The third-order valence-electron chi connectivity index (χ3n) is 5.25. The summed E-state index contributed by atoms with van der Waals surface area (Å²) in [5.74, 6) is 6.83. The van der Waals surface area contributed by atoms with Gasteiger partial charge in [0.1, 0.15) is 0 Å². The molecule has 0 bridgehead atoms. The molecule has 1 atom stereocenters. The normalized spacial score (nSPS) is 11.9. The molecule has 0 saturated carbocycles. The Morgan fingerprint density at radius 3 is 2.23 bits per heavy atom. The van der Waals surface area contributed by atoms with Gasteiger partial charge in [0.2, 0.25) is 0 Å². The topological polar surface area (TPSA) is 28.7 Å². The maximum absolute atomic E-state index is 9.34. The Morgan fingerprint density at radius 2 is 1.65 bits per heavy atom. The zero-order valence-electron chi connectivity index (χ0n) is 16.0. The highest BCUT2D eigenvalue weighted by Gasteiger charge is 2.15. The minimum absolute atomic E-state index is 0.653. The van der Waals surface area contributed by atoms with Crippen molar-refractivity contribution in [1.29, 1.82) is 5.26 Å². The van der Waals surface area contributed by atoms with Gasteiger partial charge in [-0.05, 0) is 43.5 Å². The average Bonchev–Trinajstić information content (AvgIpc) is 2.97. The summed E-state index contributed by atoms with van der Waals surface area (Å²) in [5.41, 5.74) is 4.16. The molecular formula is C24H26N2. The van der Waals surface area contributed by atoms with Gasteiger partial charge < -0.3 is 4.57 Å². The van der Waals surface area contributed by atoms with Crippen molar-refractivity contribution in [3.63, 3.8) is 0 Å². The van der Waals surface area contributed by atoms with Crippen LogP contribution in [0.1, 0.15) is 57.6 Å². The number of hydrogen-bond acceptors (Lipinski definition) is 1. The predicted molar refractivity (Wildman–Crippen MR) is 110 cm³/mol. The van der Waals surface area contributed by atoms with Gasteiger partial charge in [-0.1, -0.05) is 51.2 Å². The van der Waals surface area contributed by atoms with Gasteiger partial charge in [0, 0.05) is 22.9 Å². The lowest BCUT2D eigenvalue weighted by molar-refractivity contribution is 0.401. The molecule has 0 saturated heterocycles. The second kappa shape index (κ2) is 8.11. The van der Waals surface area contributed by atoms with Crippen LogP contribution in [0.25, 0.3) is 21.8 Å². The predicted octanol–water partition coefficient (Wildman–Crippen LogP) is 6.25. The first-order chi connectivity index (χ1) is 12.7. The molecule has 0 radical (unpaired) electrons. The fraction of sp³-hybridized carbons (Fsp3) is 0.375. The summed E-state index contributed by atoms with van der Waals surface area (Å²) in [6.07, 6.45) is 4.93. The molecule has 0 N–H and O–H groups in total. The summed E-state index contributed by atoms with van der Waals surface area (Å²) in [5, 5.41) is 11.8. The first-order valence-electron chi connectivity index (χ1n) is 9.60. The first kappa shape index (κ1) is 18.1. The van der Waals surface area contributed by atoms with Crippen LogP contribution in [-0.2, 0) is 6.54 Å². The highest BCUT2D eigenvalue weighted by Crippen LogP contribution is 2.32. The fourth-order valence-electron chi connectivity index (χ4n) is 3.76. The third-order valence-corrected chi connectivity index (χ3v) is 5.25. The number of aromatic nitrogens is 1. The third kappa shape index (κ3) is 3.47. The standard InChI is InChI=1S/C24H26N2/c1-4-7-9-18(6-3)17-26-23-14-19(8-5-2)10-12-21(23)22-13-11-20(16-25)15-24(22)26/h10-15,18H,4,6-7,9,17H2,1-3H3. The molecule has 0 amide bonds. The molecule has 0 fully saturated rings. The molecule has 1 unspecified atom stereocenters. The zero-order valence-corrected chi connectivity index (χ0v) is 16.0. The van der Waals surface area contributed by atoms with Crippen LogP contribution < -0.4 is 0 Å². The van der Waals surface area contributed by atoms with Crippen LogP contribution in [0, 0.1) is 29.1 Å². The van der Waals surface area contributed by atoms with Gasteiger partial charge in [0.05, 0.1) is 22.7 Å². The number of fused-ring (bicyclic) bond motifs is 3. The van der Waals surface area contributed by atoms with Gasteiger partial charge in [-0.3, -0.25) is 0 Å².